The maximum absolute atomic E-state index is 6.18. The van der Waals surface area contributed by atoms with E-state index in [4.69, 9.17) is 11.6 Å². The van der Waals surface area contributed by atoms with E-state index in [0.29, 0.717) is 0 Å². The van der Waals surface area contributed by atoms with Crippen molar-refractivity contribution in [3.05, 3.63) is 0 Å². The van der Waals surface area contributed by atoms with Crippen molar-refractivity contribution in [1.29, 1.82) is 0 Å². The van der Waals surface area contributed by atoms with E-state index in [9.17, 15) is 0 Å². The summed E-state index contributed by atoms with van der Waals surface area (Å²) in [5.74, 6) is 0. The molecular formula is C9H18ClN2+. The molecule has 0 saturated carbocycles. The first-order valence-corrected chi connectivity index (χ1v) is 4.82. The highest BCUT2D eigenvalue weighted by Crippen LogP contribution is 2.32. The summed E-state index contributed by atoms with van der Waals surface area (Å²) in [5.41, 5.74) is 0.111. The Bertz CT molecular complexity index is 213. The molecule has 12 heavy (non-hydrogen) atoms. The van der Waals surface area contributed by atoms with Crippen molar-refractivity contribution in [2.45, 2.75) is 57.6 Å². The predicted molar refractivity (Wildman–Crippen MR) is 50.8 cm³/mol. The van der Waals surface area contributed by atoms with Gasteiger partial charge in [0.2, 0.25) is 0 Å². The topological polar surface area (TPSA) is 15.4 Å². The fourth-order valence-electron chi connectivity index (χ4n) is 1.46. The van der Waals surface area contributed by atoms with Gasteiger partial charge in [-0.25, -0.2) is 0 Å². The summed E-state index contributed by atoms with van der Waals surface area (Å²) >= 11 is 6.18. The molecule has 1 rings (SSSR count). The molecule has 0 radical (unpaired) electrons. The summed E-state index contributed by atoms with van der Waals surface area (Å²) in [5, 5.41) is 4.57. The average molecular weight is 190 g/mol. The van der Waals surface area contributed by atoms with Gasteiger partial charge in [-0.15, -0.1) is 4.70 Å². The summed E-state index contributed by atoms with van der Waals surface area (Å²) in [6.45, 7) is 10.6. The van der Waals surface area contributed by atoms with Gasteiger partial charge in [0.15, 0.2) is 5.54 Å². The van der Waals surface area contributed by atoms with Crippen LogP contribution in [-0.2, 0) is 0 Å². The van der Waals surface area contributed by atoms with Crippen LogP contribution in [0.1, 0.15) is 41.0 Å². The highest BCUT2D eigenvalue weighted by Gasteiger charge is 2.45. The van der Waals surface area contributed by atoms with Crippen LogP contribution >= 0.6 is 11.6 Å². The molecule has 0 aliphatic carbocycles. The molecule has 2 nitrogen and oxygen atoms in total. The Kier molecular flexibility index (Phi) is 2.24. The maximum Gasteiger partial charge on any atom is 0.255 e. The third-order valence-corrected chi connectivity index (χ3v) is 2.34. The number of alkyl halides is 1. The summed E-state index contributed by atoms with van der Waals surface area (Å²) in [6.07, 6.45) is 0.936. The van der Waals surface area contributed by atoms with E-state index in [1.165, 1.54) is 0 Å². The van der Waals surface area contributed by atoms with Gasteiger partial charge in [0.05, 0.1) is 6.42 Å². The summed E-state index contributed by atoms with van der Waals surface area (Å²) in [4.78, 5) is 0. The Morgan fingerprint density at radius 3 is 2.08 bits per heavy atom. The molecule has 0 N–H and O–H groups in total. The Labute approximate surface area is 79.6 Å². The van der Waals surface area contributed by atoms with Crippen LogP contribution in [-0.4, -0.2) is 21.3 Å². The summed E-state index contributed by atoms with van der Waals surface area (Å²) in [7, 11) is 0. The summed E-state index contributed by atoms with van der Waals surface area (Å²) < 4.78 is 2.01. The van der Waals surface area contributed by atoms with Crippen molar-refractivity contribution in [3.8, 4) is 0 Å². The van der Waals surface area contributed by atoms with Crippen molar-refractivity contribution in [3.63, 3.8) is 0 Å². The number of halogens is 1. The van der Waals surface area contributed by atoms with Gasteiger partial charge in [-0.3, -0.25) is 0 Å². The van der Waals surface area contributed by atoms with E-state index in [2.05, 4.69) is 39.7 Å². The van der Waals surface area contributed by atoms with Gasteiger partial charge in [-0.2, -0.15) is 0 Å². The molecule has 70 valence electrons. The molecule has 0 aromatic rings. The summed E-state index contributed by atoms with van der Waals surface area (Å²) in [6, 6.07) is 0. The van der Waals surface area contributed by atoms with Gasteiger partial charge in [0, 0.05) is 20.8 Å². The van der Waals surface area contributed by atoms with Crippen LogP contribution in [0, 0.1) is 0 Å². The largest absolute Gasteiger partial charge is 0.255 e. The van der Waals surface area contributed by atoms with Gasteiger partial charge in [-0.05, 0) is 30.6 Å². The fourth-order valence-corrected chi connectivity index (χ4v) is 2.18. The maximum atomic E-state index is 6.18. The van der Waals surface area contributed by atoms with Gasteiger partial charge in [0.1, 0.15) is 5.54 Å². The standard InChI is InChI=1S/C9H18ClN2/c1-8(2,3)12-7(10)6-9(4,5)11-12/h7H,6H2,1-5H3/q+1/t7-/m1/s1. The highest BCUT2D eigenvalue weighted by atomic mass is 35.5. The second-order valence-electron chi connectivity index (χ2n) is 5.07. The Morgan fingerprint density at radius 1 is 1.42 bits per heavy atom. The van der Waals surface area contributed by atoms with E-state index >= 15 is 0 Å². The molecule has 1 atom stereocenters. The number of hydrogen-bond donors (Lipinski definition) is 0. The van der Waals surface area contributed by atoms with Crippen LogP contribution in [0.25, 0.3) is 0 Å². The second kappa shape index (κ2) is 2.69. The second-order valence-corrected chi connectivity index (χ2v) is 5.57. The van der Waals surface area contributed by atoms with Gasteiger partial charge >= 0.3 is 0 Å². The Morgan fingerprint density at radius 2 is 1.92 bits per heavy atom. The molecule has 0 aromatic carbocycles. The van der Waals surface area contributed by atoms with E-state index in [1.807, 2.05) is 4.70 Å². The van der Waals surface area contributed by atoms with E-state index in [-0.39, 0.29) is 16.6 Å². The fraction of sp³-hybridized carbons (Fsp3) is 1.00. The highest BCUT2D eigenvalue weighted by molar-refractivity contribution is 6.19. The third kappa shape index (κ3) is 1.98. The number of azo groups is 2. The van der Waals surface area contributed by atoms with Crippen molar-refractivity contribution in [1.82, 2.24) is 0 Å². The molecule has 0 amide bonds. The van der Waals surface area contributed by atoms with Crippen molar-refractivity contribution < 1.29 is 4.70 Å². The zero-order chi connectivity index (χ0) is 9.57. The number of rotatable bonds is 0. The normalized spacial score (nSPS) is 28.8. The lowest BCUT2D eigenvalue weighted by Gasteiger charge is -2.13. The first kappa shape index (κ1) is 9.97. The van der Waals surface area contributed by atoms with E-state index in [1.54, 1.807) is 0 Å². The van der Waals surface area contributed by atoms with E-state index in [0.717, 1.165) is 6.42 Å². The third-order valence-electron chi connectivity index (χ3n) is 2.00. The molecule has 0 spiro atoms. The van der Waals surface area contributed by atoms with Gasteiger partial charge in [0.25, 0.3) is 5.50 Å². The zero-order valence-electron chi connectivity index (χ0n) is 8.56. The van der Waals surface area contributed by atoms with Crippen LogP contribution in [0.4, 0.5) is 0 Å². The van der Waals surface area contributed by atoms with Crippen molar-refractivity contribution >= 4 is 11.6 Å². The minimum Gasteiger partial charge on any atom is -0.105 e. The first-order valence-electron chi connectivity index (χ1n) is 4.39. The molecule has 1 aliphatic rings. The number of nitrogens with zero attached hydrogens (tertiary/aromatic N) is 2. The number of hydrogen-bond acceptors (Lipinski definition) is 1. The molecule has 0 saturated heterocycles. The quantitative estimate of drug-likeness (QED) is 0.316. The van der Waals surface area contributed by atoms with Crippen LogP contribution in [0.2, 0.25) is 0 Å². The zero-order valence-corrected chi connectivity index (χ0v) is 9.31. The van der Waals surface area contributed by atoms with Crippen molar-refractivity contribution in [2.24, 2.45) is 5.11 Å². The lowest BCUT2D eigenvalue weighted by Crippen LogP contribution is -2.34. The smallest absolute Gasteiger partial charge is 0.105 e. The molecule has 1 aliphatic heterocycles. The van der Waals surface area contributed by atoms with E-state index < -0.39 is 0 Å². The molecule has 1 heterocycles. The van der Waals surface area contributed by atoms with Crippen LogP contribution in [0.5, 0.6) is 0 Å². The van der Waals surface area contributed by atoms with Crippen molar-refractivity contribution in [2.75, 3.05) is 0 Å². The molecular weight excluding hydrogens is 172 g/mol. The SMILES string of the molecule is CC1(C)C[C@H](Cl)[N+](C(C)(C)C)=N1. The van der Waals surface area contributed by atoms with Crippen LogP contribution in [0.15, 0.2) is 5.11 Å². The lowest BCUT2D eigenvalue weighted by molar-refractivity contribution is -0.659. The predicted octanol–water partition coefficient (Wildman–Crippen LogP) is 3.00. The molecule has 0 unspecified atom stereocenters. The average Bonchev–Trinajstić information content (AvgIpc) is 2.03. The minimum atomic E-state index is 0.0136. The Balaban J connectivity index is 2.92. The molecule has 0 bridgehead atoms. The molecule has 0 aromatic heterocycles. The monoisotopic (exact) mass is 189 g/mol. The molecule has 3 heteroatoms. The van der Waals surface area contributed by atoms with Gasteiger partial charge in [-0.1, -0.05) is 0 Å². The molecule has 0 fully saturated rings. The van der Waals surface area contributed by atoms with Crippen LogP contribution < -0.4 is 0 Å². The first-order chi connectivity index (χ1) is 5.22. The Hall–Kier alpha value is -0.110. The lowest BCUT2D eigenvalue weighted by atomic mass is 10.0. The minimum absolute atomic E-state index is 0.0136. The van der Waals surface area contributed by atoms with Gasteiger partial charge < -0.3 is 0 Å². The van der Waals surface area contributed by atoms with Crippen LogP contribution in [0.3, 0.4) is 0 Å².